The number of rotatable bonds is 6. The second-order valence-corrected chi connectivity index (χ2v) is 7.60. The number of carbonyl (C=O) groups excluding carboxylic acids is 1. The van der Waals surface area contributed by atoms with Gasteiger partial charge in [-0.2, -0.15) is 13.2 Å². The van der Waals surface area contributed by atoms with Crippen LogP contribution in [0.2, 0.25) is 0 Å². The van der Waals surface area contributed by atoms with Gasteiger partial charge in [-0.15, -0.1) is 0 Å². The number of carbonyl (C=O) groups is 1. The molecule has 0 atom stereocenters. The summed E-state index contributed by atoms with van der Waals surface area (Å²) in [4.78, 5) is 15.9. The third-order valence-electron chi connectivity index (χ3n) is 5.33. The van der Waals surface area contributed by atoms with Gasteiger partial charge in [-0.3, -0.25) is 4.79 Å². The molecule has 0 spiro atoms. The zero-order valence-corrected chi connectivity index (χ0v) is 17.5. The Morgan fingerprint density at radius 3 is 2.45 bits per heavy atom. The maximum absolute atomic E-state index is 13.0. The number of nitrogens with zero attached hydrogens (tertiary/aromatic N) is 3. The standard InChI is InChI=1S/C23H21F4N3O3/c24-18-6-4-16(5-7-18)21-13-19(28-33-21)14-32-15-22(31)30-10-8-29(9-11-30)20-3-1-2-17(12-20)23(25,26)27/h1-7,12-13H,8-11,14-15H2. The average molecular weight is 463 g/mol. The summed E-state index contributed by atoms with van der Waals surface area (Å²) in [6.07, 6.45) is -4.39. The van der Waals surface area contributed by atoms with Crippen LogP contribution in [0.1, 0.15) is 11.3 Å². The largest absolute Gasteiger partial charge is 0.416 e. The second-order valence-electron chi connectivity index (χ2n) is 7.60. The van der Waals surface area contributed by atoms with E-state index >= 15 is 0 Å². The molecule has 4 rings (SSSR count). The molecule has 0 unspecified atom stereocenters. The maximum atomic E-state index is 13.0. The minimum absolute atomic E-state index is 0.0701. The first-order chi connectivity index (χ1) is 15.8. The molecule has 0 bridgehead atoms. The number of alkyl halides is 3. The lowest BCUT2D eigenvalue weighted by Crippen LogP contribution is -2.49. The Balaban J connectivity index is 1.24. The van der Waals surface area contributed by atoms with Gasteiger partial charge in [-0.25, -0.2) is 4.39 Å². The molecular weight excluding hydrogens is 442 g/mol. The van der Waals surface area contributed by atoms with E-state index in [1.54, 1.807) is 29.2 Å². The van der Waals surface area contributed by atoms with Crippen LogP contribution in [0.25, 0.3) is 11.3 Å². The van der Waals surface area contributed by atoms with Gasteiger partial charge in [0.15, 0.2) is 5.76 Å². The van der Waals surface area contributed by atoms with Crippen molar-refractivity contribution in [2.75, 3.05) is 37.7 Å². The van der Waals surface area contributed by atoms with E-state index in [1.165, 1.54) is 18.2 Å². The summed E-state index contributed by atoms with van der Waals surface area (Å²) in [6, 6.07) is 12.6. The van der Waals surface area contributed by atoms with E-state index < -0.39 is 11.7 Å². The number of piperazine rings is 1. The minimum Gasteiger partial charge on any atom is -0.368 e. The van der Waals surface area contributed by atoms with E-state index in [4.69, 9.17) is 9.26 Å². The monoisotopic (exact) mass is 463 g/mol. The number of halogens is 4. The Hall–Kier alpha value is -3.40. The number of ether oxygens (including phenoxy) is 1. The zero-order chi connectivity index (χ0) is 23.4. The Labute approximate surface area is 187 Å². The Bertz CT molecular complexity index is 1090. The molecule has 0 aliphatic carbocycles. The van der Waals surface area contributed by atoms with Crippen molar-refractivity contribution in [1.82, 2.24) is 10.1 Å². The molecule has 33 heavy (non-hydrogen) atoms. The molecule has 1 aliphatic rings. The van der Waals surface area contributed by atoms with Crippen molar-refractivity contribution in [2.45, 2.75) is 12.8 Å². The highest BCUT2D eigenvalue weighted by Crippen LogP contribution is 2.32. The van der Waals surface area contributed by atoms with E-state index in [2.05, 4.69) is 5.16 Å². The van der Waals surface area contributed by atoms with Crippen LogP contribution in [0.15, 0.2) is 59.1 Å². The summed E-state index contributed by atoms with van der Waals surface area (Å²) in [5, 5.41) is 3.89. The first-order valence-electron chi connectivity index (χ1n) is 10.3. The van der Waals surface area contributed by atoms with Gasteiger partial charge < -0.3 is 19.1 Å². The topological polar surface area (TPSA) is 58.8 Å². The molecule has 1 saturated heterocycles. The number of aromatic nitrogens is 1. The summed E-state index contributed by atoms with van der Waals surface area (Å²) in [6.45, 7) is 1.55. The number of amides is 1. The van der Waals surface area contributed by atoms with Gasteiger partial charge in [0.2, 0.25) is 5.91 Å². The Morgan fingerprint density at radius 2 is 1.76 bits per heavy atom. The van der Waals surface area contributed by atoms with Crippen LogP contribution in [0.3, 0.4) is 0 Å². The predicted octanol–water partition coefficient (Wildman–Crippen LogP) is 4.36. The third kappa shape index (κ3) is 5.70. The highest BCUT2D eigenvalue weighted by atomic mass is 19.4. The highest BCUT2D eigenvalue weighted by molar-refractivity contribution is 5.77. The van der Waals surface area contributed by atoms with Crippen LogP contribution in [0.4, 0.5) is 23.2 Å². The van der Waals surface area contributed by atoms with Crippen LogP contribution >= 0.6 is 0 Å². The van der Waals surface area contributed by atoms with Crippen molar-refractivity contribution >= 4 is 11.6 Å². The normalized spacial score (nSPS) is 14.5. The summed E-state index contributed by atoms with van der Waals surface area (Å²) >= 11 is 0. The van der Waals surface area contributed by atoms with E-state index in [0.717, 1.165) is 12.1 Å². The Morgan fingerprint density at radius 1 is 1.03 bits per heavy atom. The molecule has 0 N–H and O–H groups in total. The fraction of sp³-hybridized carbons (Fsp3) is 0.304. The fourth-order valence-corrected chi connectivity index (χ4v) is 3.56. The molecule has 3 aromatic rings. The summed E-state index contributed by atoms with van der Waals surface area (Å²) in [5.41, 5.74) is 0.958. The zero-order valence-electron chi connectivity index (χ0n) is 17.5. The minimum atomic E-state index is -4.39. The first-order valence-corrected chi connectivity index (χ1v) is 10.3. The molecule has 174 valence electrons. The van der Waals surface area contributed by atoms with E-state index in [9.17, 15) is 22.4 Å². The lowest BCUT2D eigenvalue weighted by atomic mass is 10.1. The second kappa shape index (κ2) is 9.62. The molecule has 10 heteroatoms. The molecule has 2 heterocycles. The SMILES string of the molecule is O=C(COCc1cc(-c2ccc(F)cc2)on1)N1CCN(c2cccc(C(F)(F)F)c2)CC1. The van der Waals surface area contributed by atoms with Crippen LogP contribution in [0, 0.1) is 5.82 Å². The van der Waals surface area contributed by atoms with Crippen molar-refractivity contribution in [1.29, 1.82) is 0 Å². The van der Waals surface area contributed by atoms with Gasteiger partial charge in [0.1, 0.15) is 18.1 Å². The van der Waals surface area contributed by atoms with Gasteiger partial charge in [0, 0.05) is 43.5 Å². The smallest absolute Gasteiger partial charge is 0.368 e. The highest BCUT2D eigenvalue weighted by Gasteiger charge is 2.31. The van der Waals surface area contributed by atoms with Gasteiger partial charge >= 0.3 is 6.18 Å². The summed E-state index contributed by atoms with van der Waals surface area (Å²) in [5.74, 6) is -0.0948. The fourth-order valence-electron chi connectivity index (χ4n) is 3.56. The lowest BCUT2D eigenvalue weighted by molar-refractivity contribution is -0.137. The van der Waals surface area contributed by atoms with Crippen molar-refractivity contribution < 1.29 is 31.6 Å². The predicted molar refractivity (Wildman–Crippen MR) is 112 cm³/mol. The van der Waals surface area contributed by atoms with Crippen LogP contribution < -0.4 is 4.90 Å². The van der Waals surface area contributed by atoms with Crippen molar-refractivity contribution in [2.24, 2.45) is 0 Å². The molecule has 2 aromatic carbocycles. The lowest BCUT2D eigenvalue weighted by Gasteiger charge is -2.36. The molecule has 1 amide bonds. The quantitative estimate of drug-likeness (QED) is 0.509. The molecule has 1 aliphatic heterocycles. The van der Waals surface area contributed by atoms with Gasteiger partial charge in [0.05, 0.1) is 12.2 Å². The van der Waals surface area contributed by atoms with Crippen LogP contribution in [-0.4, -0.2) is 48.7 Å². The molecule has 1 aromatic heterocycles. The number of hydrogen-bond acceptors (Lipinski definition) is 5. The summed E-state index contributed by atoms with van der Waals surface area (Å²) in [7, 11) is 0. The first kappa shape index (κ1) is 22.8. The molecule has 0 saturated carbocycles. The average Bonchev–Trinajstić information content (AvgIpc) is 3.28. The van der Waals surface area contributed by atoms with Crippen molar-refractivity contribution in [3.05, 3.63) is 71.7 Å². The van der Waals surface area contributed by atoms with Crippen molar-refractivity contribution in [3.8, 4) is 11.3 Å². The number of hydrogen-bond donors (Lipinski definition) is 0. The van der Waals surface area contributed by atoms with E-state index in [-0.39, 0.29) is 24.9 Å². The number of benzene rings is 2. The third-order valence-corrected chi connectivity index (χ3v) is 5.33. The Kier molecular flexibility index (Phi) is 6.64. The van der Waals surface area contributed by atoms with Crippen molar-refractivity contribution in [3.63, 3.8) is 0 Å². The number of anilines is 1. The van der Waals surface area contributed by atoms with Gasteiger partial charge in [-0.05, 0) is 42.5 Å². The summed E-state index contributed by atoms with van der Waals surface area (Å²) < 4.78 is 62.5. The van der Waals surface area contributed by atoms with E-state index in [0.29, 0.717) is 48.9 Å². The molecular formula is C23H21F4N3O3. The molecule has 1 fully saturated rings. The van der Waals surface area contributed by atoms with Gasteiger partial charge in [0.25, 0.3) is 0 Å². The molecule has 6 nitrogen and oxygen atoms in total. The van der Waals surface area contributed by atoms with Crippen LogP contribution in [0.5, 0.6) is 0 Å². The van der Waals surface area contributed by atoms with Crippen LogP contribution in [-0.2, 0) is 22.3 Å². The maximum Gasteiger partial charge on any atom is 0.416 e. The van der Waals surface area contributed by atoms with Gasteiger partial charge in [-0.1, -0.05) is 11.2 Å². The van der Waals surface area contributed by atoms with E-state index in [1.807, 2.05) is 4.90 Å². The molecule has 0 radical (unpaired) electrons.